The molecule has 0 spiro atoms. The van der Waals surface area contributed by atoms with Crippen LogP contribution in [0.1, 0.15) is 12.8 Å². The fourth-order valence-corrected chi connectivity index (χ4v) is 14.2. The van der Waals surface area contributed by atoms with Gasteiger partial charge in [0.2, 0.25) is 0 Å². The summed E-state index contributed by atoms with van der Waals surface area (Å²) in [5.74, 6) is -7.05. The number of sulfonamides is 2. The molecule has 0 fully saturated rings. The van der Waals surface area contributed by atoms with Gasteiger partial charge in [0.25, 0.3) is 0 Å². The average Bonchev–Trinajstić information content (AvgIpc) is 3.60. The van der Waals surface area contributed by atoms with Crippen LogP contribution in [0.3, 0.4) is 0 Å². The Labute approximate surface area is 240 Å². The SMILES string of the molecule is O=S(=O)(Nc1ccc(F)[c]([Ti]([C]2=CC=CC2)([C]2=CC=CC2)[c]2c(F)ccc(NS(=O)(=O)C(F)(F)F)c2F)c1F)C(F)(F)F. The van der Waals surface area contributed by atoms with E-state index >= 15 is 17.6 Å². The summed E-state index contributed by atoms with van der Waals surface area (Å²) >= 11 is -5.89. The second kappa shape index (κ2) is 11.1. The topological polar surface area (TPSA) is 92.3 Å². The van der Waals surface area contributed by atoms with Gasteiger partial charge in [-0.05, 0) is 0 Å². The second-order valence-corrected chi connectivity index (χ2v) is 18.3. The van der Waals surface area contributed by atoms with Crippen molar-refractivity contribution in [1.29, 1.82) is 0 Å². The zero-order valence-corrected chi connectivity index (χ0v) is 24.1. The molecule has 2 aliphatic rings. The van der Waals surface area contributed by atoms with E-state index in [4.69, 9.17) is 0 Å². The maximum atomic E-state index is 16.2. The molecule has 0 atom stereocenters. The molecule has 2 aromatic rings. The van der Waals surface area contributed by atoms with E-state index in [9.17, 15) is 43.2 Å². The number of nitrogens with one attached hydrogen (secondary N) is 2. The Kier molecular flexibility index (Phi) is 8.49. The molecule has 0 unspecified atom stereocenters. The summed E-state index contributed by atoms with van der Waals surface area (Å²) in [6.07, 6.45) is 7.43. The van der Waals surface area contributed by atoms with Crippen LogP contribution >= 0.6 is 0 Å². The Morgan fingerprint density at radius 3 is 1.23 bits per heavy atom. The van der Waals surface area contributed by atoms with E-state index in [-0.39, 0.29) is 20.6 Å². The Bertz CT molecular complexity index is 1700. The standard InChI is InChI=1S/2C7H3F5NO2S.2C5H5.Ti/c2*8-4-1-2-6(5(9)3-4)13-16(14,15)7(10,11)12;2*1-2-4-5-3-1;/h2*1-2,13H;2*1-3H,4H2;. The molecule has 2 aromatic carbocycles. The van der Waals surface area contributed by atoms with Crippen molar-refractivity contribution in [3.8, 4) is 0 Å². The summed E-state index contributed by atoms with van der Waals surface area (Å²) < 4.78 is 189. The summed E-state index contributed by atoms with van der Waals surface area (Å²) in [6.45, 7) is 0. The van der Waals surface area contributed by atoms with Crippen molar-refractivity contribution >= 4 is 39.2 Å². The molecule has 43 heavy (non-hydrogen) atoms. The Hall–Kier alpha value is -3.09. The number of allylic oxidation sites excluding steroid dienone is 8. The number of rotatable bonds is 8. The summed E-state index contributed by atoms with van der Waals surface area (Å²) in [5, 5.41) is 0. The van der Waals surface area contributed by atoms with E-state index in [1.165, 1.54) is 36.5 Å². The third kappa shape index (κ3) is 5.65. The zero-order valence-electron chi connectivity index (χ0n) is 20.9. The molecule has 19 heteroatoms. The maximum absolute atomic E-state index is 16.2. The summed E-state index contributed by atoms with van der Waals surface area (Å²) in [4.78, 5) is 0. The number of benzene rings is 2. The first-order valence-corrected chi connectivity index (χ1v) is 17.7. The van der Waals surface area contributed by atoms with Crippen molar-refractivity contribution in [2.45, 2.75) is 23.9 Å². The number of hydrogen-bond donors (Lipinski definition) is 2. The molecular weight excluding hydrogens is 682 g/mol. The first-order valence-electron chi connectivity index (χ1n) is 11.6. The first-order chi connectivity index (χ1) is 19.8. The Balaban J connectivity index is 2.13. The average molecular weight is 698 g/mol. The molecule has 232 valence electrons. The van der Waals surface area contributed by atoms with Gasteiger partial charge in [0.15, 0.2) is 0 Å². The fourth-order valence-electron chi connectivity index (χ4n) is 4.78. The van der Waals surface area contributed by atoms with Crippen LogP contribution in [0.4, 0.5) is 55.3 Å². The van der Waals surface area contributed by atoms with Crippen molar-refractivity contribution in [2.24, 2.45) is 0 Å². The number of halogens is 10. The van der Waals surface area contributed by atoms with Crippen LogP contribution in [0.2, 0.25) is 0 Å². The van der Waals surface area contributed by atoms with Gasteiger partial charge in [-0.2, -0.15) is 0 Å². The Morgan fingerprint density at radius 1 is 0.605 bits per heavy atom. The van der Waals surface area contributed by atoms with Crippen molar-refractivity contribution in [2.75, 3.05) is 9.44 Å². The van der Waals surface area contributed by atoms with Crippen molar-refractivity contribution in [3.63, 3.8) is 0 Å². The number of alkyl halides is 6. The minimum absolute atomic E-state index is 0.0581. The van der Waals surface area contributed by atoms with Crippen LogP contribution in [0.5, 0.6) is 0 Å². The van der Waals surface area contributed by atoms with Crippen molar-refractivity contribution in [3.05, 3.63) is 91.7 Å². The first kappa shape index (κ1) is 32.8. The van der Waals surface area contributed by atoms with Crippen LogP contribution in [0.25, 0.3) is 0 Å². The van der Waals surface area contributed by atoms with Gasteiger partial charge in [-0.15, -0.1) is 0 Å². The minimum atomic E-state index is -6.29. The second-order valence-electron chi connectivity index (χ2n) is 9.07. The summed E-state index contributed by atoms with van der Waals surface area (Å²) in [7, 11) is -12.6. The third-order valence-corrected chi connectivity index (χ3v) is 16.7. The number of anilines is 2. The third-order valence-electron chi connectivity index (χ3n) is 6.54. The monoisotopic (exact) mass is 698 g/mol. The van der Waals surface area contributed by atoms with Gasteiger partial charge in [-0.3, -0.25) is 0 Å². The van der Waals surface area contributed by atoms with Gasteiger partial charge < -0.3 is 0 Å². The van der Waals surface area contributed by atoms with Crippen LogP contribution in [-0.2, 0) is 36.6 Å². The fraction of sp³-hybridized carbons (Fsp3) is 0.167. The van der Waals surface area contributed by atoms with Gasteiger partial charge in [0.1, 0.15) is 0 Å². The molecule has 6 nitrogen and oxygen atoms in total. The predicted octanol–water partition coefficient (Wildman–Crippen LogP) is 5.56. The van der Waals surface area contributed by atoms with E-state index in [0.29, 0.717) is 24.3 Å². The van der Waals surface area contributed by atoms with Crippen molar-refractivity contribution < 1.29 is 77.3 Å². The molecule has 2 N–H and O–H groups in total. The molecule has 0 bridgehead atoms. The molecule has 0 saturated carbocycles. The summed E-state index contributed by atoms with van der Waals surface area (Å²) in [5.41, 5.74) is -14.8. The van der Waals surface area contributed by atoms with E-state index in [0.717, 1.165) is 9.44 Å². The normalized spacial score (nSPS) is 16.0. The summed E-state index contributed by atoms with van der Waals surface area (Å²) in [6, 6.07) is 1.36. The van der Waals surface area contributed by atoms with E-state index in [1.807, 2.05) is 0 Å². The molecule has 0 radical (unpaired) electrons. The molecule has 0 heterocycles. The van der Waals surface area contributed by atoms with Gasteiger partial charge in [0, 0.05) is 0 Å². The molecule has 2 aliphatic carbocycles. The molecule has 0 aliphatic heterocycles. The molecular formula is C24H16F10N2O4S2Ti. The zero-order chi connectivity index (χ0) is 32.2. The van der Waals surface area contributed by atoms with Gasteiger partial charge in [0.05, 0.1) is 0 Å². The van der Waals surface area contributed by atoms with Gasteiger partial charge in [-0.1, -0.05) is 0 Å². The van der Waals surface area contributed by atoms with Crippen LogP contribution in [-0.4, -0.2) is 27.9 Å². The quantitative estimate of drug-likeness (QED) is 0.279. The van der Waals surface area contributed by atoms with E-state index in [1.54, 1.807) is 0 Å². The molecule has 0 amide bonds. The number of hydrogen-bond acceptors (Lipinski definition) is 4. The van der Waals surface area contributed by atoms with Crippen LogP contribution in [0, 0.1) is 23.3 Å². The molecule has 4 rings (SSSR count). The van der Waals surface area contributed by atoms with E-state index < -0.39 is 90.0 Å². The van der Waals surface area contributed by atoms with Crippen molar-refractivity contribution in [1.82, 2.24) is 0 Å². The van der Waals surface area contributed by atoms with Crippen LogP contribution < -0.4 is 17.2 Å². The van der Waals surface area contributed by atoms with Crippen LogP contribution in [0.15, 0.2) is 68.5 Å². The van der Waals surface area contributed by atoms with Gasteiger partial charge in [-0.25, -0.2) is 0 Å². The Morgan fingerprint density at radius 2 is 0.953 bits per heavy atom. The molecule has 0 aromatic heterocycles. The molecule has 0 saturated heterocycles. The van der Waals surface area contributed by atoms with Gasteiger partial charge >= 0.3 is 242 Å². The predicted molar refractivity (Wildman–Crippen MR) is 133 cm³/mol. The van der Waals surface area contributed by atoms with E-state index in [2.05, 4.69) is 0 Å².